The molecule has 0 aliphatic heterocycles. The summed E-state index contributed by atoms with van der Waals surface area (Å²) in [4.78, 5) is 30.2. The van der Waals surface area contributed by atoms with Crippen LogP contribution in [0.2, 0.25) is 0 Å². The molecule has 0 atom stereocenters. The molecule has 3 aromatic heterocycles. The number of nitrogens with one attached hydrogen (secondary N) is 1. The van der Waals surface area contributed by atoms with Crippen molar-refractivity contribution < 1.29 is 4.79 Å². The fraction of sp³-hybridized carbons (Fsp3) is 0.214. The van der Waals surface area contributed by atoms with E-state index < -0.39 is 0 Å². The predicted octanol–water partition coefficient (Wildman–Crippen LogP) is 4.39. The van der Waals surface area contributed by atoms with Crippen LogP contribution in [0, 0.1) is 6.92 Å². The number of imidazole rings is 1. The molecule has 0 radical (unpaired) electrons. The third-order valence-corrected chi connectivity index (χ3v) is 6.45. The number of carbonyl (C=O) groups excluding carboxylic acids is 1. The number of aromatic nitrogens is 7. The molecule has 9 nitrogen and oxygen atoms in total. The summed E-state index contributed by atoms with van der Waals surface area (Å²) < 4.78 is 3.42. The number of para-hydroxylation sites is 1. The largest absolute Gasteiger partial charge is 0.333 e. The maximum atomic E-state index is 13.6. The third-order valence-electron chi connectivity index (χ3n) is 6.45. The molecule has 0 saturated heterocycles. The highest BCUT2D eigenvalue weighted by Crippen LogP contribution is 2.29. The second-order valence-electron chi connectivity index (χ2n) is 9.00. The van der Waals surface area contributed by atoms with Gasteiger partial charge in [0.2, 0.25) is 0 Å². The first kappa shape index (κ1) is 24.1. The fourth-order valence-corrected chi connectivity index (χ4v) is 4.65. The standard InChI is InChI=1S/C28H27N7O2/c1-4-6-22-17-35(26-18(2)7-5-8-23(26)19(3)36)28(37)34(22)16-20-9-11-21(12-10-20)25-15-29-14-13-24(25)27-30-32-33-31-27/h5,7-15,17H,4,6,16H2,1-3H3,(H,30,31,32,33). The van der Waals surface area contributed by atoms with E-state index in [2.05, 4.69) is 32.5 Å². The van der Waals surface area contributed by atoms with E-state index in [9.17, 15) is 9.59 Å². The van der Waals surface area contributed by atoms with E-state index in [-0.39, 0.29) is 11.5 Å². The van der Waals surface area contributed by atoms with Crippen LogP contribution in [0.25, 0.3) is 28.2 Å². The SMILES string of the molecule is CCCc1cn(-c2c(C)cccc2C(C)=O)c(=O)n1Cc1ccc(-c2cnccc2-c2nnn[nH]2)cc1. The monoisotopic (exact) mass is 493 g/mol. The molecular formula is C28H27N7O2. The van der Waals surface area contributed by atoms with Gasteiger partial charge in [0.05, 0.1) is 12.2 Å². The Bertz CT molecular complexity index is 1610. The Morgan fingerprint density at radius 3 is 2.57 bits per heavy atom. The predicted molar refractivity (Wildman–Crippen MR) is 141 cm³/mol. The van der Waals surface area contributed by atoms with Gasteiger partial charge in [-0.3, -0.25) is 18.9 Å². The van der Waals surface area contributed by atoms with Crippen molar-refractivity contribution in [1.82, 2.24) is 34.7 Å². The average Bonchev–Trinajstić information content (AvgIpc) is 3.54. The number of tetrazole rings is 1. The molecule has 2 aromatic carbocycles. The zero-order valence-corrected chi connectivity index (χ0v) is 21.0. The third kappa shape index (κ3) is 4.63. The molecule has 0 amide bonds. The lowest BCUT2D eigenvalue weighted by atomic mass is 10.0. The number of hydrogen-bond donors (Lipinski definition) is 1. The molecule has 0 fully saturated rings. The molecule has 5 aromatic rings. The first-order valence-electron chi connectivity index (χ1n) is 12.2. The molecular weight excluding hydrogens is 466 g/mol. The van der Waals surface area contributed by atoms with Gasteiger partial charge in [0, 0.05) is 41.0 Å². The quantitative estimate of drug-likeness (QED) is 0.321. The number of aromatic amines is 1. The molecule has 1 N–H and O–H groups in total. The van der Waals surface area contributed by atoms with Crippen molar-refractivity contribution in [3.05, 3.63) is 100.0 Å². The summed E-state index contributed by atoms with van der Waals surface area (Å²) in [5.74, 6) is 0.501. The van der Waals surface area contributed by atoms with Crippen LogP contribution >= 0.6 is 0 Å². The van der Waals surface area contributed by atoms with Gasteiger partial charge in [-0.1, -0.05) is 49.7 Å². The Kier molecular flexibility index (Phi) is 6.59. The topological polar surface area (TPSA) is 111 Å². The zero-order chi connectivity index (χ0) is 25.9. The van der Waals surface area contributed by atoms with E-state index in [1.807, 2.05) is 55.6 Å². The van der Waals surface area contributed by atoms with Gasteiger partial charge < -0.3 is 0 Å². The van der Waals surface area contributed by atoms with Crippen molar-refractivity contribution in [2.24, 2.45) is 0 Å². The molecule has 0 bridgehead atoms. The zero-order valence-electron chi connectivity index (χ0n) is 21.0. The summed E-state index contributed by atoms with van der Waals surface area (Å²) in [5.41, 5.74) is 6.56. The molecule has 37 heavy (non-hydrogen) atoms. The number of Topliss-reactive ketones (excluding diaryl/α,β-unsaturated/α-hetero) is 1. The van der Waals surface area contributed by atoms with Crippen LogP contribution in [-0.2, 0) is 13.0 Å². The first-order valence-corrected chi connectivity index (χ1v) is 12.2. The Morgan fingerprint density at radius 1 is 1.05 bits per heavy atom. The number of aryl methyl sites for hydroxylation is 2. The number of ketones is 1. The van der Waals surface area contributed by atoms with E-state index in [1.54, 1.807) is 27.6 Å². The Hall–Kier alpha value is -4.66. The summed E-state index contributed by atoms with van der Waals surface area (Å²) >= 11 is 0. The van der Waals surface area contributed by atoms with Crippen molar-refractivity contribution in [3.8, 4) is 28.2 Å². The number of H-pyrrole nitrogens is 1. The summed E-state index contributed by atoms with van der Waals surface area (Å²) in [5, 5.41) is 14.2. The summed E-state index contributed by atoms with van der Waals surface area (Å²) in [6, 6.07) is 15.5. The Labute approximate surface area is 213 Å². The van der Waals surface area contributed by atoms with Crippen molar-refractivity contribution in [2.45, 2.75) is 40.2 Å². The lowest BCUT2D eigenvalue weighted by Gasteiger charge is -2.11. The highest BCUT2D eigenvalue weighted by atomic mass is 16.2. The van der Waals surface area contributed by atoms with Crippen molar-refractivity contribution >= 4 is 5.78 Å². The molecule has 3 heterocycles. The minimum Gasteiger partial charge on any atom is -0.294 e. The van der Waals surface area contributed by atoms with Gasteiger partial charge in [-0.05, 0) is 59.5 Å². The number of carbonyl (C=O) groups is 1. The van der Waals surface area contributed by atoms with Crippen LogP contribution in [0.15, 0.2) is 71.9 Å². The van der Waals surface area contributed by atoms with Gasteiger partial charge in [0.15, 0.2) is 11.6 Å². The average molecular weight is 494 g/mol. The van der Waals surface area contributed by atoms with Crippen LogP contribution in [-0.4, -0.2) is 40.5 Å². The van der Waals surface area contributed by atoms with Crippen molar-refractivity contribution in [2.75, 3.05) is 0 Å². The van der Waals surface area contributed by atoms with E-state index in [4.69, 9.17) is 0 Å². The van der Waals surface area contributed by atoms with Crippen molar-refractivity contribution in [3.63, 3.8) is 0 Å². The lowest BCUT2D eigenvalue weighted by Crippen LogP contribution is -2.26. The van der Waals surface area contributed by atoms with Gasteiger partial charge in [-0.15, -0.1) is 5.10 Å². The lowest BCUT2D eigenvalue weighted by molar-refractivity contribution is 0.101. The minimum absolute atomic E-state index is 0.0677. The van der Waals surface area contributed by atoms with E-state index in [0.29, 0.717) is 23.6 Å². The molecule has 5 rings (SSSR count). The van der Waals surface area contributed by atoms with Gasteiger partial charge in [0.25, 0.3) is 0 Å². The molecule has 0 aliphatic rings. The van der Waals surface area contributed by atoms with Gasteiger partial charge in [-0.2, -0.15) is 0 Å². The van der Waals surface area contributed by atoms with Crippen LogP contribution < -0.4 is 5.69 Å². The van der Waals surface area contributed by atoms with E-state index >= 15 is 0 Å². The Balaban J connectivity index is 1.51. The molecule has 0 unspecified atom stereocenters. The number of benzene rings is 2. The van der Waals surface area contributed by atoms with Crippen LogP contribution in [0.3, 0.4) is 0 Å². The van der Waals surface area contributed by atoms with Crippen LogP contribution in [0.1, 0.15) is 47.4 Å². The maximum absolute atomic E-state index is 13.6. The molecule has 0 aliphatic carbocycles. The fourth-order valence-electron chi connectivity index (χ4n) is 4.65. The maximum Gasteiger partial charge on any atom is 0.333 e. The van der Waals surface area contributed by atoms with Gasteiger partial charge in [0.1, 0.15) is 0 Å². The second-order valence-corrected chi connectivity index (χ2v) is 9.00. The summed E-state index contributed by atoms with van der Waals surface area (Å²) in [6.45, 7) is 5.96. The summed E-state index contributed by atoms with van der Waals surface area (Å²) in [6.07, 6.45) is 7.02. The molecule has 9 heteroatoms. The molecule has 0 saturated carbocycles. The number of rotatable bonds is 8. The van der Waals surface area contributed by atoms with E-state index in [1.165, 1.54) is 6.92 Å². The highest BCUT2D eigenvalue weighted by Gasteiger charge is 2.18. The Morgan fingerprint density at radius 2 is 1.86 bits per heavy atom. The normalized spacial score (nSPS) is 11.1. The highest BCUT2D eigenvalue weighted by molar-refractivity contribution is 5.98. The first-order chi connectivity index (χ1) is 18.0. The smallest absolute Gasteiger partial charge is 0.294 e. The molecule has 0 spiro atoms. The number of hydrogen-bond acceptors (Lipinski definition) is 6. The summed E-state index contributed by atoms with van der Waals surface area (Å²) in [7, 11) is 0. The number of pyridine rings is 1. The van der Waals surface area contributed by atoms with Crippen LogP contribution in [0.4, 0.5) is 0 Å². The van der Waals surface area contributed by atoms with Crippen LogP contribution in [0.5, 0.6) is 0 Å². The second kappa shape index (κ2) is 10.1. The van der Waals surface area contributed by atoms with Gasteiger partial charge in [-0.25, -0.2) is 9.89 Å². The molecule has 186 valence electrons. The number of nitrogens with zero attached hydrogens (tertiary/aromatic N) is 6. The minimum atomic E-state index is -0.156. The van der Waals surface area contributed by atoms with E-state index in [0.717, 1.165) is 46.4 Å². The van der Waals surface area contributed by atoms with Crippen molar-refractivity contribution in [1.29, 1.82) is 0 Å². The van der Waals surface area contributed by atoms with Gasteiger partial charge >= 0.3 is 5.69 Å².